The zero-order valence-electron chi connectivity index (χ0n) is 38.2. The predicted molar refractivity (Wildman–Crippen MR) is 239 cm³/mol. The van der Waals surface area contributed by atoms with Crippen molar-refractivity contribution in [1.82, 2.24) is 25.1 Å². The monoisotopic (exact) mass is 934 g/mol. The summed E-state index contributed by atoms with van der Waals surface area (Å²) in [4.78, 5) is 96.1. The maximum absolute atomic E-state index is 14.2. The number of amides is 4. The summed E-state index contributed by atoms with van der Waals surface area (Å²) in [5, 5.41) is 34.1. The molecule has 1 fully saturated rings. The highest BCUT2D eigenvalue weighted by atomic mass is 31.2. The third kappa shape index (κ3) is 19.2. The molecule has 19 nitrogen and oxygen atoms in total. The minimum Gasteiger partial charge on any atom is -0.394 e. The van der Waals surface area contributed by atoms with Crippen molar-refractivity contribution in [2.75, 3.05) is 26.4 Å². The number of aromatic nitrogens is 2. The van der Waals surface area contributed by atoms with E-state index in [1.807, 2.05) is 36.6 Å². The molecule has 8 N–H and O–H groups in total. The summed E-state index contributed by atoms with van der Waals surface area (Å²) >= 11 is 0. The number of imidazole rings is 1. The molecule has 4 amide bonds. The zero-order chi connectivity index (χ0) is 48.1. The molecule has 2 aromatic rings. The molecule has 0 aliphatic carbocycles. The maximum Gasteiger partial charge on any atom is 0.472 e. The van der Waals surface area contributed by atoms with Gasteiger partial charge in [-0.3, -0.25) is 37.8 Å². The number of nitrogens with one attached hydrogen (secondary N) is 2. The quantitative estimate of drug-likeness (QED) is 0.0410. The molecule has 0 radical (unpaired) electrons. The van der Waals surface area contributed by atoms with Crippen LogP contribution in [0.15, 0.2) is 42.9 Å². The van der Waals surface area contributed by atoms with E-state index in [0.29, 0.717) is 31.6 Å². The molecular formula is C45H71N6O13P. The second-order valence-corrected chi connectivity index (χ2v) is 18.8. The Kier molecular flexibility index (Phi) is 23.6. The summed E-state index contributed by atoms with van der Waals surface area (Å²) in [5.41, 5.74) is 7.50. The van der Waals surface area contributed by atoms with Gasteiger partial charge >= 0.3 is 7.82 Å². The van der Waals surface area contributed by atoms with Gasteiger partial charge in [0, 0.05) is 51.2 Å². The van der Waals surface area contributed by atoms with E-state index in [1.165, 1.54) is 24.3 Å². The first-order valence-corrected chi connectivity index (χ1v) is 24.2. The van der Waals surface area contributed by atoms with Crippen LogP contribution in [-0.2, 0) is 61.8 Å². The first-order chi connectivity index (χ1) is 30.8. The molecule has 8 atom stereocenters. The van der Waals surface area contributed by atoms with Crippen molar-refractivity contribution in [2.45, 2.75) is 148 Å². The van der Waals surface area contributed by atoms with E-state index in [2.05, 4.69) is 32.3 Å². The van der Waals surface area contributed by atoms with Gasteiger partial charge in [-0.2, -0.15) is 0 Å². The Balaban J connectivity index is 1.77. The zero-order valence-corrected chi connectivity index (χ0v) is 39.1. The van der Waals surface area contributed by atoms with Crippen LogP contribution in [0, 0.1) is 17.8 Å². The third-order valence-corrected chi connectivity index (χ3v) is 12.7. The average molecular weight is 935 g/mol. The second-order valence-electron chi connectivity index (χ2n) is 17.4. The highest BCUT2D eigenvalue weighted by Crippen LogP contribution is 2.46. The van der Waals surface area contributed by atoms with Crippen LogP contribution in [0.25, 0.3) is 0 Å². The fraction of sp³-hybridized carbons (Fsp3) is 0.667. The maximum atomic E-state index is 14.2. The normalized spacial score (nSPS) is 17.7. The number of rotatable bonds is 32. The Morgan fingerprint density at radius 3 is 2.22 bits per heavy atom. The van der Waals surface area contributed by atoms with E-state index >= 15 is 0 Å². The number of phosphoric acid groups is 1. The van der Waals surface area contributed by atoms with Crippen LogP contribution in [0.1, 0.15) is 110 Å². The molecule has 3 rings (SSSR count). The Labute approximate surface area is 381 Å². The molecule has 0 bridgehead atoms. The summed E-state index contributed by atoms with van der Waals surface area (Å²) in [5.74, 6) is -6.65. The highest BCUT2D eigenvalue weighted by Gasteiger charge is 2.38. The summed E-state index contributed by atoms with van der Waals surface area (Å²) in [6.07, 6.45) is 7.67. The largest absolute Gasteiger partial charge is 0.472 e. The number of ketones is 2. The molecule has 2 heterocycles. The van der Waals surface area contributed by atoms with Crippen LogP contribution in [0.2, 0.25) is 0 Å². The van der Waals surface area contributed by atoms with Gasteiger partial charge < -0.3 is 46.0 Å². The van der Waals surface area contributed by atoms with E-state index < -0.39 is 106 Å². The molecule has 0 spiro atoms. The van der Waals surface area contributed by atoms with Crippen molar-refractivity contribution in [3.05, 3.63) is 54.1 Å². The van der Waals surface area contributed by atoms with E-state index in [0.717, 1.165) is 44.9 Å². The van der Waals surface area contributed by atoms with Gasteiger partial charge in [-0.25, -0.2) is 9.55 Å². The lowest BCUT2D eigenvalue weighted by molar-refractivity contribution is -0.138. The van der Waals surface area contributed by atoms with Crippen molar-refractivity contribution in [3.8, 4) is 0 Å². The Hall–Kier alpha value is -4.36. The molecule has 1 aromatic carbocycles. The van der Waals surface area contributed by atoms with Crippen LogP contribution in [0.4, 0.5) is 0 Å². The van der Waals surface area contributed by atoms with Crippen LogP contribution >= 0.6 is 7.82 Å². The molecule has 0 saturated carbocycles. The number of carbonyl (C=O) groups excluding carboxylic acids is 6. The van der Waals surface area contributed by atoms with E-state index in [9.17, 15) is 48.4 Å². The Morgan fingerprint density at radius 1 is 0.923 bits per heavy atom. The van der Waals surface area contributed by atoms with Crippen LogP contribution in [0.5, 0.6) is 0 Å². The minimum atomic E-state index is -4.92. The molecule has 1 saturated heterocycles. The lowest BCUT2D eigenvalue weighted by Gasteiger charge is -2.27. The van der Waals surface area contributed by atoms with Crippen molar-refractivity contribution < 1.29 is 62.6 Å². The highest BCUT2D eigenvalue weighted by molar-refractivity contribution is 7.47. The number of aliphatic hydroxyl groups excluding tert-OH is 3. The number of primary amides is 1. The van der Waals surface area contributed by atoms with E-state index in [1.54, 1.807) is 12.5 Å². The number of hydrogen-bond donors (Lipinski definition) is 7. The second kappa shape index (κ2) is 28.0. The lowest BCUT2D eigenvalue weighted by Crippen LogP contribution is -2.52. The van der Waals surface area contributed by atoms with Gasteiger partial charge in [-0.15, -0.1) is 0 Å². The smallest absolute Gasteiger partial charge is 0.394 e. The first kappa shape index (κ1) is 55.0. The van der Waals surface area contributed by atoms with E-state index in [4.69, 9.17) is 15.4 Å². The molecule has 65 heavy (non-hydrogen) atoms. The minimum absolute atomic E-state index is 0.00195. The van der Waals surface area contributed by atoms with Crippen LogP contribution in [0.3, 0.4) is 0 Å². The number of likely N-dealkylation sites (tertiary alicyclic amines) is 1. The molecule has 1 aromatic heterocycles. The van der Waals surface area contributed by atoms with Crippen molar-refractivity contribution in [2.24, 2.45) is 23.5 Å². The van der Waals surface area contributed by atoms with Crippen molar-refractivity contribution in [1.29, 1.82) is 0 Å². The SMILES string of the molecule is CC(=O)N1CCC[C@H]1C(=O)N[C@@H](CC(C)C)C(=O)C[C@@H](Cc1cncn1CCCCCCCCc1ccccc1)C(=O)N[C@@H](CO)C(=O)C[C@H](C(N)=O)[C@@H](C)OP(=O)(O)OC[C@@H](O)CO. The average Bonchev–Trinajstić information content (AvgIpc) is 3.94. The van der Waals surface area contributed by atoms with Gasteiger partial charge in [-0.05, 0) is 56.9 Å². The van der Waals surface area contributed by atoms with Crippen molar-refractivity contribution in [3.63, 3.8) is 0 Å². The molecule has 364 valence electrons. The number of aryl methyl sites for hydroxylation is 2. The summed E-state index contributed by atoms with van der Waals surface area (Å²) in [6.45, 7) is 4.88. The Morgan fingerprint density at radius 2 is 1.58 bits per heavy atom. The number of carbonyl (C=O) groups is 6. The molecule has 1 aliphatic rings. The van der Waals surface area contributed by atoms with Gasteiger partial charge in [0.05, 0.1) is 50.1 Å². The van der Waals surface area contributed by atoms with E-state index in [-0.39, 0.29) is 31.1 Å². The predicted octanol–water partition coefficient (Wildman–Crippen LogP) is 2.54. The number of nitrogens with two attached hydrogens (primary N) is 1. The number of nitrogens with zero attached hydrogens (tertiary/aromatic N) is 3. The number of Topliss-reactive ketones (excluding diaryl/α,β-unsaturated/α-hetero) is 2. The van der Waals surface area contributed by atoms with Gasteiger partial charge in [-0.1, -0.05) is 69.9 Å². The topological polar surface area (TPSA) is 290 Å². The Bertz CT molecular complexity index is 1880. The van der Waals surface area contributed by atoms with Crippen molar-refractivity contribution >= 4 is 43.0 Å². The van der Waals surface area contributed by atoms with Crippen LogP contribution < -0.4 is 16.4 Å². The summed E-state index contributed by atoms with van der Waals surface area (Å²) in [6, 6.07) is 7.03. The third-order valence-electron chi connectivity index (χ3n) is 11.6. The molecular weight excluding hydrogens is 863 g/mol. The summed E-state index contributed by atoms with van der Waals surface area (Å²) < 4.78 is 24.0. The number of aliphatic hydroxyl groups is 3. The summed E-state index contributed by atoms with van der Waals surface area (Å²) in [7, 11) is -4.92. The van der Waals surface area contributed by atoms with Gasteiger partial charge in [0.25, 0.3) is 0 Å². The number of phosphoric ester groups is 1. The number of hydrogen-bond acceptors (Lipinski definition) is 13. The van der Waals surface area contributed by atoms with Gasteiger partial charge in [0.15, 0.2) is 11.6 Å². The first-order valence-electron chi connectivity index (χ1n) is 22.7. The fourth-order valence-electron chi connectivity index (χ4n) is 7.93. The van der Waals surface area contributed by atoms with Gasteiger partial charge in [0.1, 0.15) is 18.2 Å². The number of benzene rings is 1. The van der Waals surface area contributed by atoms with Crippen LogP contribution in [-0.4, -0.2) is 127 Å². The standard InChI is InChI=1S/C45H71N6O13P/c1-30(2)21-38(48-45(60)40-18-14-20-51(40)32(4)54)41(56)23-34(22-35-25-47-29-50(35)19-13-8-6-5-7-10-15-33-16-11-9-12-17-33)44(59)49-39(27-53)42(57)24-37(43(46)58)31(3)64-65(61,62)63-28-36(55)26-52/h9,11-12,16-17,25,29-31,34,36-40,52-53,55H,5-8,10,13-15,18-24,26-28H2,1-4H3,(H2,46,58)(H,48,60)(H,49,59)(H,61,62)/t31-,34-,36+,37+,38+,39+,40+/m1/s1. The van der Waals surface area contributed by atoms with Gasteiger partial charge in [0.2, 0.25) is 23.6 Å². The molecule has 1 aliphatic heterocycles. The lowest BCUT2D eigenvalue weighted by atomic mass is 9.89. The number of unbranched alkanes of at least 4 members (excludes halogenated alkanes) is 5. The fourth-order valence-corrected chi connectivity index (χ4v) is 8.91. The molecule has 1 unspecified atom stereocenters. The molecule has 20 heteroatoms.